The van der Waals surface area contributed by atoms with Crippen LogP contribution in [0, 0.1) is 0 Å². The van der Waals surface area contributed by atoms with Gasteiger partial charge in [0.15, 0.2) is 17.3 Å². The molecule has 0 saturated carbocycles. The van der Waals surface area contributed by atoms with Crippen LogP contribution >= 0.6 is 0 Å². The van der Waals surface area contributed by atoms with Gasteiger partial charge in [-0.2, -0.15) is 0 Å². The number of aromatic hydroxyl groups is 4. The zero-order valence-electron chi connectivity index (χ0n) is 16.5. The van der Waals surface area contributed by atoms with E-state index in [2.05, 4.69) is 0 Å². The Morgan fingerprint density at radius 2 is 1.62 bits per heavy atom. The van der Waals surface area contributed by atoms with Crippen molar-refractivity contribution in [2.45, 2.75) is 43.0 Å². The molecular weight excluding hydrogens is 428 g/mol. The van der Waals surface area contributed by atoms with Crippen molar-refractivity contribution in [3.8, 4) is 28.7 Å². The number of fused-ring (bicyclic) bond motifs is 1. The van der Waals surface area contributed by atoms with Gasteiger partial charge in [0.1, 0.15) is 59.4 Å². The van der Waals surface area contributed by atoms with Gasteiger partial charge in [0.05, 0.1) is 18.6 Å². The van der Waals surface area contributed by atoms with Crippen molar-refractivity contribution in [2.75, 3.05) is 6.61 Å². The number of phenolic OH excluding ortho intramolecular Hbond substituents is 4. The smallest absolute Gasteiger partial charge is 0.174 e. The number of carbonyl (C=O) groups excluding carboxylic acids is 1. The van der Waals surface area contributed by atoms with Gasteiger partial charge in [-0.05, 0) is 17.7 Å². The van der Waals surface area contributed by atoms with Crippen LogP contribution in [0.3, 0.4) is 0 Å². The number of ketones is 1. The van der Waals surface area contributed by atoms with E-state index in [1.165, 1.54) is 18.2 Å². The number of aliphatic hydroxyl groups is 4. The zero-order valence-corrected chi connectivity index (χ0v) is 16.5. The molecule has 4 rings (SSSR count). The van der Waals surface area contributed by atoms with E-state index >= 15 is 0 Å². The molecule has 0 amide bonds. The Balaban J connectivity index is 1.72. The fourth-order valence-corrected chi connectivity index (χ4v) is 4.02. The summed E-state index contributed by atoms with van der Waals surface area (Å²) in [6.45, 7) is -0.711. The van der Waals surface area contributed by atoms with Gasteiger partial charge in [-0.1, -0.05) is 6.07 Å². The molecule has 2 aliphatic heterocycles. The minimum absolute atomic E-state index is 0.165. The maximum absolute atomic E-state index is 12.8. The highest BCUT2D eigenvalue weighted by Gasteiger charge is 2.47. The summed E-state index contributed by atoms with van der Waals surface area (Å²) in [5, 5.41) is 80.1. The lowest BCUT2D eigenvalue weighted by Crippen LogP contribution is -2.55. The average molecular weight is 450 g/mol. The van der Waals surface area contributed by atoms with E-state index in [0.717, 1.165) is 6.07 Å². The summed E-state index contributed by atoms with van der Waals surface area (Å²) in [5.41, 5.74) is -0.316. The normalized spacial score (nSPS) is 29.9. The van der Waals surface area contributed by atoms with Gasteiger partial charge >= 0.3 is 0 Å². The lowest BCUT2D eigenvalue weighted by atomic mass is 9.87. The van der Waals surface area contributed by atoms with Gasteiger partial charge in [0.2, 0.25) is 0 Å². The molecule has 1 fully saturated rings. The molecule has 2 heterocycles. The Kier molecular flexibility index (Phi) is 5.61. The fraction of sp³-hybridized carbons (Fsp3) is 0.381. The molecule has 0 radical (unpaired) electrons. The van der Waals surface area contributed by atoms with E-state index in [1.807, 2.05) is 0 Å². The van der Waals surface area contributed by atoms with Gasteiger partial charge in [0.25, 0.3) is 0 Å². The molecule has 2 aromatic carbocycles. The second kappa shape index (κ2) is 8.11. The largest absolute Gasteiger partial charge is 0.507 e. The standard InChI is InChI=1S/C21H22O11/c22-6-14-17(27)19(29)20(30)21(32-14)16-11(26)5-13-15(18(16)28)10(25)4-12(31-13)7-1-2-8(23)9(24)3-7/h1-3,5,12,14,17,19-24,26-30H,4,6H2/t12-,14-,17+,19+,20+,21+/m0/s1. The Bertz CT molecular complexity index is 1050. The Hall–Kier alpha value is -3.09. The maximum Gasteiger partial charge on any atom is 0.174 e. The molecule has 2 aliphatic rings. The van der Waals surface area contributed by atoms with Crippen molar-refractivity contribution in [3.05, 3.63) is 41.0 Å². The Morgan fingerprint density at radius 1 is 0.906 bits per heavy atom. The van der Waals surface area contributed by atoms with E-state index in [-0.39, 0.29) is 23.5 Å². The monoisotopic (exact) mass is 450 g/mol. The van der Waals surface area contributed by atoms with E-state index in [1.54, 1.807) is 0 Å². The summed E-state index contributed by atoms with van der Waals surface area (Å²) in [6, 6.07) is 4.93. The first-order valence-electron chi connectivity index (χ1n) is 9.75. The predicted octanol–water partition coefficient (Wildman–Crippen LogP) is -0.270. The van der Waals surface area contributed by atoms with Crippen LogP contribution in [-0.2, 0) is 4.74 Å². The molecule has 6 atom stereocenters. The lowest BCUT2D eigenvalue weighted by Gasteiger charge is -2.40. The number of benzene rings is 2. The topological polar surface area (TPSA) is 197 Å². The molecule has 8 N–H and O–H groups in total. The minimum atomic E-state index is -1.78. The van der Waals surface area contributed by atoms with Crippen molar-refractivity contribution in [1.29, 1.82) is 0 Å². The quantitative estimate of drug-likeness (QED) is 0.287. The molecule has 0 aliphatic carbocycles. The van der Waals surface area contributed by atoms with Gasteiger partial charge < -0.3 is 50.3 Å². The number of carbonyl (C=O) groups is 1. The van der Waals surface area contributed by atoms with Crippen LogP contribution in [-0.4, -0.2) is 77.7 Å². The molecule has 1 saturated heterocycles. The summed E-state index contributed by atoms with van der Waals surface area (Å²) in [6.07, 6.45) is -9.14. The fourth-order valence-electron chi connectivity index (χ4n) is 4.02. The van der Waals surface area contributed by atoms with Gasteiger partial charge in [-0.15, -0.1) is 0 Å². The molecule has 32 heavy (non-hydrogen) atoms. The molecule has 0 aromatic heterocycles. The number of ether oxygens (including phenoxy) is 2. The van der Waals surface area contributed by atoms with Crippen molar-refractivity contribution in [2.24, 2.45) is 0 Å². The first-order valence-corrected chi connectivity index (χ1v) is 9.75. The highest BCUT2D eigenvalue weighted by atomic mass is 16.5. The number of hydrogen-bond acceptors (Lipinski definition) is 11. The van der Waals surface area contributed by atoms with Gasteiger partial charge in [0, 0.05) is 6.07 Å². The summed E-state index contributed by atoms with van der Waals surface area (Å²) in [5.74, 6) is -2.85. The number of phenols is 4. The highest BCUT2D eigenvalue weighted by Crippen LogP contribution is 2.49. The second-order valence-corrected chi connectivity index (χ2v) is 7.76. The third-order valence-electron chi connectivity index (χ3n) is 5.75. The van der Waals surface area contributed by atoms with Gasteiger partial charge in [-0.3, -0.25) is 4.79 Å². The third kappa shape index (κ3) is 3.49. The van der Waals surface area contributed by atoms with Crippen LogP contribution in [0.4, 0.5) is 0 Å². The average Bonchev–Trinajstić information content (AvgIpc) is 2.74. The molecule has 0 unspecified atom stereocenters. The summed E-state index contributed by atoms with van der Waals surface area (Å²) in [7, 11) is 0. The summed E-state index contributed by atoms with van der Waals surface area (Å²) < 4.78 is 11.1. The summed E-state index contributed by atoms with van der Waals surface area (Å²) >= 11 is 0. The third-order valence-corrected chi connectivity index (χ3v) is 5.75. The number of rotatable bonds is 3. The Morgan fingerprint density at radius 3 is 2.28 bits per heavy atom. The van der Waals surface area contributed by atoms with Crippen LogP contribution in [0.1, 0.15) is 40.1 Å². The van der Waals surface area contributed by atoms with Crippen LogP contribution in [0.5, 0.6) is 28.7 Å². The van der Waals surface area contributed by atoms with Crippen LogP contribution < -0.4 is 4.74 Å². The number of aliphatic hydroxyl groups excluding tert-OH is 4. The summed E-state index contributed by atoms with van der Waals surface area (Å²) in [4.78, 5) is 12.8. The highest BCUT2D eigenvalue weighted by molar-refractivity contribution is 6.03. The van der Waals surface area contributed by atoms with Gasteiger partial charge in [-0.25, -0.2) is 0 Å². The molecule has 0 spiro atoms. The van der Waals surface area contributed by atoms with Crippen LogP contribution in [0.2, 0.25) is 0 Å². The number of hydrogen-bond donors (Lipinski definition) is 8. The molecule has 172 valence electrons. The minimum Gasteiger partial charge on any atom is -0.507 e. The van der Waals surface area contributed by atoms with Crippen LogP contribution in [0.15, 0.2) is 24.3 Å². The lowest BCUT2D eigenvalue weighted by molar-refractivity contribution is -0.232. The molecular formula is C21H22O11. The first kappa shape index (κ1) is 22.1. The molecule has 0 bridgehead atoms. The van der Waals surface area contributed by atoms with E-state index in [9.17, 15) is 45.6 Å². The second-order valence-electron chi connectivity index (χ2n) is 7.76. The predicted molar refractivity (Wildman–Crippen MR) is 105 cm³/mol. The van der Waals surface area contributed by atoms with Crippen molar-refractivity contribution < 1.29 is 55.1 Å². The number of Topliss-reactive ketones (excluding diaryl/α,β-unsaturated/α-hetero) is 1. The molecule has 11 heteroatoms. The van der Waals surface area contributed by atoms with Crippen LogP contribution in [0.25, 0.3) is 0 Å². The molecule has 2 aromatic rings. The molecule has 11 nitrogen and oxygen atoms in total. The van der Waals surface area contributed by atoms with Crippen molar-refractivity contribution in [1.82, 2.24) is 0 Å². The SMILES string of the molecule is O=C1C[C@@H](c2ccc(O)c(O)c2)Oc2cc(O)c([C@H]3O[C@@H](CO)[C@@H](O)[C@@H](O)[C@H]3O)c(O)c21. The van der Waals surface area contributed by atoms with E-state index in [4.69, 9.17) is 9.47 Å². The van der Waals surface area contributed by atoms with E-state index < -0.39 is 71.8 Å². The van der Waals surface area contributed by atoms with E-state index in [0.29, 0.717) is 5.56 Å². The first-order chi connectivity index (χ1) is 15.1. The van der Waals surface area contributed by atoms with Crippen molar-refractivity contribution >= 4 is 5.78 Å². The Labute approximate surface area is 181 Å². The van der Waals surface area contributed by atoms with Crippen molar-refractivity contribution in [3.63, 3.8) is 0 Å². The zero-order chi connectivity index (χ0) is 23.3. The maximum atomic E-state index is 12.8.